The van der Waals surface area contributed by atoms with Crippen molar-refractivity contribution in [2.75, 3.05) is 12.4 Å². The molecule has 116 valence electrons. The molecule has 1 aromatic carbocycles. The van der Waals surface area contributed by atoms with Crippen molar-refractivity contribution in [1.29, 1.82) is 0 Å². The van der Waals surface area contributed by atoms with E-state index in [4.69, 9.17) is 9.84 Å². The average molecular weight is 359 g/mol. The van der Waals surface area contributed by atoms with Crippen molar-refractivity contribution in [3.63, 3.8) is 0 Å². The van der Waals surface area contributed by atoms with Gasteiger partial charge in [0.2, 0.25) is 0 Å². The summed E-state index contributed by atoms with van der Waals surface area (Å²) in [6.07, 6.45) is -0.118. The van der Waals surface area contributed by atoms with E-state index in [1.807, 2.05) is 13.8 Å². The summed E-state index contributed by atoms with van der Waals surface area (Å²) >= 11 is 3.32. The SMILES string of the molecule is COc1cc(Br)cc(NC(=O)NC(CC(=O)O)C(C)C)c1. The molecule has 0 saturated carbocycles. The molecule has 1 rings (SSSR count). The van der Waals surface area contributed by atoms with Gasteiger partial charge in [0.1, 0.15) is 5.75 Å². The molecule has 6 nitrogen and oxygen atoms in total. The predicted octanol–water partition coefficient (Wildman–Crippen LogP) is 3.08. The monoisotopic (exact) mass is 358 g/mol. The number of urea groups is 1. The minimum absolute atomic E-state index is 0.0175. The van der Waals surface area contributed by atoms with Gasteiger partial charge in [-0.3, -0.25) is 4.79 Å². The lowest BCUT2D eigenvalue weighted by atomic mass is 10.0. The van der Waals surface area contributed by atoms with Crippen LogP contribution in [0.4, 0.5) is 10.5 Å². The number of nitrogens with one attached hydrogen (secondary N) is 2. The summed E-state index contributed by atoms with van der Waals surface area (Å²) in [5.41, 5.74) is 0.552. The third kappa shape index (κ3) is 6.03. The molecular formula is C14H19BrN2O4. The quantitative estimate of drug-likeness (QED) is 0.728. The third-order valence-corrected chi connectivity index (χ3v) is 3.34. The smallest absolute Gasteiger partial charge is 0.319 e. The van der Waals surface area contributed by atoms with Gasteiger partial charge in [-0.05, 0) is 18.1 Å². The molecule has 0 heterocycles. The highest BCUT2D eigenvalue weighted by Gasteiger charge is 2.19. The molecule has 0 aromatic heterocycles. The second-order valence-corrected chi connectivity index (χ2v) is 5.84. The summed E-state index contributed by atoms with van der Waals surface area (Å²) in [7, 11) is 1.53. The number of ether oxygens (including phenoxy) is 1. The van der Waals surface area contributed by atoms with Gasteiger partial charge in [0, 0.05) is 22.3 Å². The molecule has 21 heavy (non-hydrogen) atoms. The molecule has 2 amide bonds. The molecule has 0 aliphatic heterocycles. The number of aliphatic carboxylic acids is 1. The van der Waals surface area contributed by atoms with E-state index in [1.165, 1.54) is 7.11 Å². The van der Waals surface area contributed by atoms with E-state index in [0.717, 1.165) is 4.47 Å². The number of carboxylic acids is 1. The number of carboxylic acid groups (broad SMARTS) is 1. The number of hydrogen-bond acceptors (Lipinski definition) is 3. The van der Waals surface area contributed by atoms with Crippen LogP contribution in [0.2, 0.25) is 0 Å². The maximum absolute atomic E-state index is 11.9. The molecule has 7 heteroatoms. The molecule has 0 spiro atoms. The summed E-state index contributed by atoms with van der Waals surface area (Å²) in [5.74, 6) is -0.326. The molecule has 1 aromatic rings. The van der Waals surface area contributed by atoms with Crippen LogP contribution in [0.3, 0.4) is 0 Å². The molecule has 0 saturated heterocycles. The molecule has 0 radical (unpaired) electrons. The molecule has 0 bridgehead atoms. The summed E-state index contributed by atoms with van der Waals surface area (Å²) in [4.78, 5) is 22.7. The predicted molar refractivity (Wildman–Crippen MR) is 83.7 cm³/mol. The van der Waals surface area contributed by atoms with E-state index in [0.29, 0.717) is 11.4 Å². The van der Waals surface area contributed by atoms with Crippen molar-refractivity contribution in [3.8, 4) is 5.75 Å². The van der Waals surface area contributed by atoms with E-state index in [2.05, 4.69) is 26.6 Å². The van der Waals surface area contributed by atoms with Gasteiger partial charge >= 0.3 is 12.0 Å². The molecule has 0 fully saturated rings. The van der Waals surface area contributed by atoms with E-state index >= 15 is 0 Å². The van der Waals surface area contributed by atoms with Crippen molar-refractivity contribution < 1.29 is 19.4 Å². The second kappa shape index (κ2) is 7.87. The number of carbonyl (C=O) groups is 2. The Labute approximate surface area is 132 Å². The highest BCUT2D eigenvalue weighted by molar-refractivity contribution is 9.10. The Morgan fingerprint density at radius 3 is 2.52 bits per heavy atom. The Balaban J connectivity index is 2.71. The van der Waals surface area contributed by atoms with Crippen LogP contribution in [0.1, 0.15) is 20.3 Å². The number of methoxy groups -OCH3 is 1. The van der Waals surface area contributed by atoms with Crippen molar-refractivity contribution in [1.82, 2.24) is 5.32 Å². The Morgan fingerprint density at radius 2 is 2.00 bits per heavy atom. The Kier molecular flexibility index (Phi) is 6.48. The van der Waals surface area contributed by atoms with Crippen LogP contribution in [-0.2, 0) is 4.79 Å². The number of halogens is 1. The lowest BCUT2D eigenvalue weighted by Gasteiger charge is -2.21. The number of rotatable bonds is 6. The minimum atomic E-state index is -0.946. The van der Waals surface area contributed by atoms with Gasteiger partial charge in [0.25, 0.3) is 0 Å². The zero-order chi connectivity index (χ0) is 16.0. The first-order valence-electron chi connectivity index (χ1n) is 6.45. The number of hydrogen-bond donors (Lipinski definition) is 3. The van der Waals surface area contributed by atoms with Crippen LogP contribution in [-0.4, -0.2) is 30.3 Å². The molecule has 3 N–H and O–H groups in total. The van der Waals surface area contributed by atoms with Gasteiger partial charge in [-0.25, -0.2) is 4.79 Å². The maximum atomic E-state index is 11.9. The lowest BCUT2D eigenvalue weighted by Crippen LogP contribution is -2.42. The highest BCUT2D eigenvalue weighted by atomic mass is 79.9. The molecule has 1 unspecified atom stereocenters. The Hall–Kier alpha value is -1.76. The van der Waals surface area contributed by atoms with E-state index in [9.17, 15) is 9.59 Å². The number of anilines is 1. The first kappa shape index (κ1) is 17.3. The van der Waals surface area contributed by atoms with Crippen molar-refractivity contribution >= 4 is 33.6 Å². The number of carbonyl (C=O) groups excluding carboxylic acids is 1. The fourth-order valence-corrected chi connectivity index (χ4v) is 2.20. The molecular weight excluding hydrogens is 340 g/mol. The Bertz CT molecular complexity index is 520. The van der Waals surface area contributed by atoms with Crippen LogP contribution < -0.4 is 15.4 Å². The largest absolute Gasteiger partial charge is 0.497 e. The molecule has 0 aliphatic rings. The van der Waals surface area contributed by atoms with Gasteiger partial charge in [-0.2, -0.15) is 0 Å². The highest BCUT2D eigenvalue weighted by Crippen LogP contribution is 2.24. The van der Waals surface area contributed by atoms with Crippen LogP contribution in [0, 0.1) is 5.92 Å². The van der Waals surface area contributed by atoms with Gasteiger partial charge < -0.3 is 20.5 Å². The van der Waals surface area contributed by atoms with Gasteiger partial charge in [-0.15, -0.1) is 0 Å². The third-order valence-electron chi connectivity index (χ3n) is 2.88. The first-order valence-corrected chi connectivity index (χ1v) is 7.25. The van der Waals surface area contributed by atoms with Crippen LogP contribution in [0.15, 0.2) is 22.7 Å². The second-order valence-electron chi connectivity index (χ2n) is 4.93. The lowest BCUT2D eigenvalue weighted by molar-refractivity contribution is -0.137. The normalized spacial score (nSPS) is 11.9. The van der Waals surface area contributed by atoms with Gasteiger partial charge in [-0.1, -0.05) is 29.8 Å². The topological polar surface area (TPSA) is 87.7 Å². The zero-order valence-corrected chi connectivity index (χ0v) is 13.7. The Morgan fingerprint density at radius 1 is 1.33 bits per heavy atom. The van der Waals surface area contributed by atoms with Crippen LogP contribution in [0.25, 0.3) is 0 Å². The van der Waals surface area contributed by atoms with Crippen molar-refractivity contribution in [3.05, 3.63) is 22.7 Å². The summed E-state index contributed by atoms with van der Waals surface area (Å²) in [6, 6.07) is 4.28. The van der Waals surface area contributed by atoms with Crippen LogP contribution >= 0.6 is 15.9 Å². The zero-order valence-electron chi connectivity index (χ0n) is 12.1. The standard InChI is InChI=1S/C14H19BrN2O4/c1-8(2)12(7-13(18)19)17-14(20)16-10-4-9(15)5-11(6-10)21-3/h4-6,8,12H,7H2,1-3H3,(H,18,19)(H2,16,17,20). The van der Waals surface area contributed by atoms with Crippen molar-refractivity contribution in [2.24, 2.45) is 5.92 Å². The number of amides is 2. The molecule has 0 aliphatic carbocycles. The van der Waals surface area contributed by atoms with Gasteiger partial charge in [0.15, 0.2) is 0 Å². The average Bonchev–Trinajstić information content (AvgIpc) is 2.36. The van der Waals surface area contributed by atoms with Crippen molar-refractivity contribution in [2.45, 2.75) is 26.3 Å². The van der Waals surface area contributed by atoms with E-state index < -0.39 is 18.0 Å². The number of benzene rings is 1. The first-order chi connectivity index (χ1) is 9.81. The fourth-order valence-electron chi connectivity index (χ4n) is 1.73. The summed E-state index contributed by atoms with van der Waals surface area (Å²) < 4.78 is 5.88. The minimum Gasteiger partial charge on any atom is -0.497 e. The van der Waals surface area contributed by atoms with E-state index in [1.54, 1.807) is 18.2 Å². The van der Waals surface area contributed by atoms with Gasteiger partial charge in [0.05, 0.1) is 13.5 Å². The molecule has 1 atom stereocenters. The van der Waals surface area contributed by atoms with E-state index in [-0.39, 0.29) is 12.3 Å². The summed E-state index contributed by atoms with van der Waals surface area (Å²) in [6.45, 7) is 3.71. The fraction of sp³-hybridized carbons (Fsp3) is 0.429. The summed E-state index contributed by atoms with van der Waals surface area (Å²) in [5, 5.41) is 14.2. The van der Waals surface area contributed by atoms with Crippen LogP contribution in [0.5, 0.6) is 5.75 Å². The maximum Gasteiger partial charge on any atom is 0.319 e.